The molecule has 0 aliphatic rings. The number of hydrogen-bond acceptors (Lipinski definition) is 2. The Balaban J connectivity index is 5.14. The molecule has 9 heteroatoms. The predicted octanol–water partition coefficient (Wildman–Crippen LogP) is 1.57. The van der Waals surface area contributed by atoms with Crippen LogP contribution in [0.4, 0.5) is 26.3 Å². The number of carbonyl (C=O) groups is 1. The number of carbonyl (C=O) groups excluding carboxylic acids is 1. The highest BCUT2D eigenvalue weighted by atomic mass is 19.4. The largest absolute Gasteiger partial charge is 0.409 e. The van der Waals surface area contributed by atoms with Gasteiger partial charge in [0.05, 0.1) is 6.61 Å². The van der Waals surface area contributed by atoms with E-state index in [2.05, 4.69) is 0 Å². The number of aliphatic hydroxyl groups excluding tert-OH is 1. The van der Waals surface area contributed by atoms with Crippen molar-refractivity contribution in [2.24, 2.45) is 5.92 Å². The molecule has 0 saturated heterocycles. The summed E-state index contributed by atoms with van der Waals surface area (Å²) in [6.07, 6.45) is -11.4. The Morgan fingerprint density at radius 2 is 1.59 bits per heavy atom. The third-order valence-electron chi connectivity index (χ3n) is 1.96. The number of halogens is 6. The first-order valence-corrected chi connectivity index (χ1v) is 4.58. The highest BCUT2D eigenvalue weighted by molar-refractivity contribution is 5.80. The van der Waals surface area contributed by atoms with Crippen LogP contribution in [-0.4, -0.2) is 48.0 Å². The van der Waals surface area contributed by atoms with Crippen molar-refractivity contribution in [2.75, 3.05) is 19.7 Å². The van der Waals surface area contributed by atoms with Crippen molar-refractivity contribution in [1.82, 2.24) is 4.90 Å². The molecular formula is C8H11F6NO2. The normalized spacial score (nSPS) is 13.0. The second-order valence-electron chi connectivity index (χ2n) is 3.16. The standard InChI is InChI=1S/C8H11F6NO2/c1-2-15(3-4-16)6(17)5(7(9,10)11)8(12,13)14/h5,16H,2-4H2,1H3. The second kappa shape index (κ2) is 5.56. The summed E-state index contributed by atoms with van der Waals surface area (Å²) >= 11 is 0. The highest BCUT2D eigenvalue weighted by Gasteiger charge is 2.61. The summed E-state index contributed by atoms with van der Waals surface area (Å²) in [7, 11) is 0. The molecule has 0 bridgehead atoms. The molecule has 0 spiro atoms. The van der Waals surface area contributed by atoms with Gasteiger partial charge in [0.2, 0.25) is 11.8 Å². The van der Waals surface area contributed by atoms with E-state index in [1.807, 2.05) is 0 Å². The molecule has 0 unspecified atom stereocenters. The molecule has 1 N–H and O–H groups in total. The van der Waals surface area contributed by atoms with Crippen molar-refractivity contribution in [3.8, 4) is 0 Å². The van der Waals surface area contributed by atoms with E-state index in [0.29, 0.717) is 4.90 Å². The van der Waals surface area contributed by atoms with Crippen LogP contribution in [0.1, 0.15) is 6.92 Å². The lowest BCUT2D eigenvalue weighted by Crippen LogP contribution is -2.50. The minimum absolute atomic E-state index is 0.311. The van der Waals surface area contributed by atoms with Crippen LogP contribution >= 0.6 is 0 Å². The van der Waals surface area contributed by atoms with Crippen LogP contribution in [-0.2, 0) is 4.79 Å². The number of likely N-dealkylation sites (N-methyl/N-ethyl adjacent to an activating group) is 1. The fourth-order valence-corrected chi connectivity index (χ4v) is 1.19. The monoisotopic (exact) mass is 267 g/mol. The Morgan fingerprint density at radius 3 is 1.82 bits per heavy atom. The Labute approximate surface area is 93.0 Å². The van der Waals surface area contributed by atoms with Crippen LogP contribution in [0.5, 0.6) is 0 Å². The summed E-state index contributed by atoms with van der Waals surface area (Å²) in [4.78, 5) is 11.4. The van der Waals surface area contributed by atoms with E-state index in [1.165, 1.54) is 6.92 Å². The average Bonchev–Trinajstić information content (AvgIpc) is 2.08. The van der Waals surface area contributed by atoms with Gasteiger partial charge in [0.15, 0.2) is 0 Å². The maximum absolute atomic E-state index is 12.2. The third-order valence-corrected chi connectivity index (χ3v) is 1.96. The molecule has 0 saturated carbocycles. The van der Waals surface area contributed by atoms with E-state index in [9.17, 15) is 31.1 Å². The molecule has 0 aromatic heterocycles. The number of nitrogens with zero attached hydrogens (tertiary/aromatic N) is 1. The maximum Gasteiger partial charge on any atom is 0.409 e. The Hall–Kier alpha value is -0.990. The molecule has 0 aromatic rings. The van der Waals surface area contributed by atoms with Crippen molar-refractivity contribution >= 4 is 5.91 Å². The molecule has 1 amide bonds. The minimum Gasteiger partial charge on any atom is -0.395 e. The molecule has 0 heterocycles. The zero-order valence-electron chi connectivity index (χ0n) is 8.77. The zero-order valence-corrected chi connectivity index (χ0v) is 8.77. The average molecular weight is 267 g/mol. The number of alkyl halides is 6. The van der Waals surface area contributed by atoms with E-state index in [4.69, 9.17) is 5.11 Å². The van der Waals surface area contributed by atoms with Crippen LogP contribution < -0.4 is 0 Å². The zero-order chi connectivity index (χ0) is 13.9. The van der Waals surface area contributed by atoms with E-state index in [1.54, 1.807) is 0 Å². The second-order valence-corrected chi connectivity index (χ2v) is 3.16. The van der Waals surface area contributed by atoms with Crippen molar-refractivity contribution in [1.29, 1.82) is 0 Å². The Bertz CT molecular complexity index is 248. The van der Waals surface area contributed by atoms with Gasteiger partial charge in [-0.15, -0.1) is 0 Å². The number of hydrogen-bond donors (Lipinski definition) is 1. The maximum atomic E-state index is 12.2. The van der Waals surface area contributed by atoms with Crippen molar-refractivity contribution < 1.29 is 36.2 Å². The van der Waals surface area contributed by atoms with Crippen LogP contribution in [0.25, 0.3) is 0 Å². The molecule has 3 nitrogen and oxygen atoms in total. The molecule has 0 fully saturated rings. The van der Waals surface area contributed by atoms with Gasteiger partial charge in [0, 0.05) is 13.1 Å². The fraction of sp³-hybridized carbons (Fsp3) is 0.875. The summed E-state index contributed by atoms with van der Waals surface area (Å²) < 4.78 is 73.0. The molecular weight excluding hydrogens is 256 g/mol. The summed E-state index contributed by atoms with van der Waals surface area (Å²) in [6.45, 7) is -0.403. The molecule has 0 aliphatic carbocycles. The van der Waals surface area contributed by atoms with Gasteiger partial charge >= 0.3 is 12.4 Å². The van der Waals surface area contributed by atoms with Gasteiger partial charge in [0.25, 0.3) is 0 Å². The van der Waals surface area contributed by atoms with Crippen molar-refractivity contribution in [3.63, 3.8) is 0 Å². The molecule has 17 heavy (non-hydrogen) atoms. The summed E-state index contributed by atoms with van der Waals surface area (Å²) in [5, 5.41) is 8.45. The number of rotatable bonds is 4. The lowest BCUT2D eigenvalue weighted by molar-refractivity contribution is -0.277. The topological polar surface area (TPSA) is 40.5 Å². The first-order valence-electron chi connectivity index (χ1n) is 4.58. The lowest BCUT2D eigenvalue weighted by Gasteiger charge is -2.28. The summed E-state index contributed by atoms with van der Waals surface area (Å²) in [5.41, 5.74) is 0. The summed E-state index contributed by atoms with van der Waals surface area (Å²) in [5.74, 6) is -6.14. The lowest BCUT2D eigenvalue weighted by atomic mass is 10.1. The van der Waals surface area contributed by atoms with Gasteiger partial charge in [-0.1, -0.05) is 0 Å². The van der Waals surface area contributed by atoms with Crippen LogP contribution in [0.15, 0.2) is 0 Å². The quantitative estimate of drug-likeness (QED) is 0.785. The Morgan fingerprint density at radius 1 is 1.18 bits per heavy atom. The van der Waals surface area contributed by atoms with E-state index in [-0.39, 0.29) is 6.54 Å². The van der Waals surface area contributed by atoms with Crippen LogP contribution in [0.2, 0.25) is 0 Å². The third kappa shape index (κ3) is 4.41. The van der Waals surface area contributed by atoms with Crippen molar-refractivity contribution in [3.05, 3.63) is 0 Å². The summed E-state index contributed by atoms with van der Waals surface area (Å²) in [6, 6.07) is 0. The molecule has 0 atom stereocenters. The van der Waals surface area contributed by atoms with Crippen LogP contribution in [0.3, 0.4) is 0 Å². The molecule has 0 rings (SSSR count). The number of amides is 1. The molecule has 0 aliphatic heterocycles. The Kier molecular flexibility index (Phi) is 5.24. The van der Waals surface area contributed by atoms with Crippen LogP contribution in [0, 0.1) is 5.92 Å². The molecule has 0 aromatic carbocycles. The van der Waals surface area contributed by atoms with E-state index < -0.39 is 37.3 Å². The highest BCUT2D eigenvalue weighted by Crippen LogP contribution is 2.40. The van der Waals surface area contributed by atoms with Gasteiger partial charge in [-0.3, -0.25) is 4.79 Å². The molecule has 102 valence electrons. The predicted molar refractivity (Wildman–Crippen MR) is 44.9 cm³/mol. The van der Waals surface area contributed by atoms with Gasteiger partial charge in [-0.2, -0.15) is 26.3 Å². The SMILES string of the molecule is CCN(CCO)C(=O)C(C(F)(F)F)C(F)(F)F. The van der Waals surface area contributed by atoms with Crippen molar-refractivity contribution in [2.45, 2.75) is 19.3 Å². The fourth-order valence-electron chi connectivity index (χ4n) is 1.19. The van der Waals surface area contributed by atoms with E-state index >= 15 is 0 Å². The molecule has 0 radical (unpaired) electrons. The first kappa shape index (κ1) is 16.0. The van der Waals surface area contributed by atoms with E-state index in [0.717, 1.165) is 0 Å². The van der Waals surface area contributed by atoms with Gasteiger partial charge in [0.1, 0.15) is 0 Å². The van der Waals surface area contributed by atoms with Gasteiger partial charge in [-0.05, 0) is 6.92 Å². The van der Waals surface area contributed by atoms with Gasteiger partial charge in [-0.25, -0.2) is 0 Å². The minimum atomic E-state index is -5.70. The smallest absolute Gasteiger partial charge is 0.395 e. The first-order chi connectivity index (χ1) is 7.55. The van der Waals surface area contributed by atoms with Gasteiger partial charge < -0.3 is 10.0 Å². The number of aliphatic hydroxyl groups is 1.